The Hall–Kier alpha value is -1.42. The SMILES string of the molecule is CC(C)Oc1ccc(C(Br)c2c(F)cccc2F)cc1. The fourth-order valence-electron chi connectivity index (χ4n) is 1.91. The van der Waals surface area contributed by atoms with Crippen molar-refractivity contribution >= 4 is 15.9 Å². The summed E-state index contributed by atoms with van der Waals surface area (Å²) in [5.41, 5.74) is 0.787. The van der Waals surface area contributed by atoms with Crippen LogP contribution in [0.25, 0.3) is 0 Å². The maximum atomic E-state index is 13.7. The molecule has 2 rings (SSSR count). The van der Waals surface area contributed by atoms with E-state index in [4.69, 9.17) is 4.74 Å². The van der Waals surface area contributed by atoms with Crippen LogP contribution in [0.2, 0.25) is 0 Å². The van der Waals surface area contributed by atoms with Crippen molar-refractivity contribution in [1.82, 2.24) is 0 Å². The van der Waals surface area contributed by atoms with Gasteiger partial charge in [0.25, 0.3) is 0 Å². The predicted molar refractivity (Wildman–Crippen MR) is 79.3 cm³/mol. The van der Waals surface area contributed by atoms with Crippen molar-refractivity contribution in [3.8, 4) is 5.75 Å². The normalized spacial score (nSPS) is 12.5. The van der Waals surface area contributed by atoms with Gasteiger partial charge in [0, 0.05) is 5.56 Å². The summed E-state index contributed by atoms with van der Waals surface area (Å²) in [6.07, 6.45) is 0.0876. The maximum Gasteiger partial charge on any atom is 0.130 e. The summed E-state index contributed by atoms with van der Waals surface area (Å²) in [6.45, 7) is 3.88. The van der Waals surface area contributed by atoms with E-state index < -0.39 is 16.5 Å². The summed E-state index contributed by atoms with van der Waals surface area (Å²) >= 11 is 3.35. The van der Waals surface area contributed by atoms with Gasteiger partial charge in [-0.05, 0) is 43.7 Å². The van der Waals surface area contributed by atoms with Crippen molar-refractivity contribution in [3.05, 3.63) is 65.2 Å². The van der Waals surface area contributed by atoms with Gasteiger partial charge in [0.15, 0.2) is 0 Å². The van der Waals surface area contributed by atoms with Crippen LogP contribution in [0.4, 0.5) is 8.78 Å². The molecule has 0 aromatic heterocycles. The summed E-state index contributed by atoms with van der Waals surface area (Å²) in [5, 5.41) is 0. The zero-order valence-electron chi connectivity index (χ0n) is 11.2. The van der Waals surface area contributed by atoms with Gasteiger partial charge in [0.05, 0.1) is 10.9 Å². The lowest BCUT2D eigenvalue weighted by molar-refractivity contribution is 0.242. The Morgan fingerprint density at radius 1 is 0.950 bits per heavy atom. The first-order chi connectivity index (χ1) is 9.49. The van der Waals surface area contributed by atoms with Crippen LogP contribution in [0.1, 0.15) is 29.8 Å². The van der Waals surface area contributed by atoms with E-state index in [1.54, 1.807) is 24.3 Å². The van der Waals surface area contributed by atoms with Crippen molar-refractivity contribution < 1.29 is 13.5 Å². The van der Waals surface area contributed by atoms with Gasteiger partial charge in [-0.2, -0.15) is 0 Å². The average Bonchev–Trinajstić information content (AvgIpc) is 2.38. The molecule has 1 unspecified atom stereocenters. The van der Waals surface area contributed by atoms with Gasteiger partial charge in [-0.3, -0.25) is 0 Å². The van der Waals surface area contributed by atoms with Crippen LogP contribution in [0.5, 0.6) is 5.75 Å². The third kappa shape index (κ3) is 3.37. The van der Waals surface area contributed by atoms with Crippen molar-refractivity contribution in [2.45, 2.75) is 24.8 Å². The van der Waals surface area contributed by atoms with E-state index in [0.29, 0.717) is 0 Å². The van der Waals surface area contributed by atoms with Crippen LogP contribution in [0, 0.1) is 11.6 Å². The Labute approximate surface area is 125 Å². The van der Waals surface area contributed by atoms with E-state index in [1.165, 1.54) is 18.2 Å². The van der Waals surface area contributed by atoms with Crippen LogP contribution in [-0.2, 0) is 0 Å². The molecule has 1 nitrogen and oxygen atoms in total. The molecule has 106 valence electrons. The monoisotopic (exact) mass is 340 g/mol. The molecule has 2 aromatic rings. The first-order valence-corrected chi connectivity index (χ1v) is 7.25. The third-order valence-corrected chi connectivity index (χ3v) is 3.78. The summed E-state index contributed by atoms with van der Waals surface area (Å²) in [7, 11) is 0. The van der Waals surface area contributed by atoms with E-state index in [2.05, 4.69) is 15.9 Å². The Balaban J connectivity index is 2.27. The molecule has 0 saturated heterocycles. The fraction of sp³-hybridized carbons (Fsp3) is 0.250. The Morgan fingerprint density at radius 3 is 2.00 bits per heavy atom. The zero-order valence-corrected chi connectivity index (χ0v) is 12.8. The van der Waals surface area contributed by atoms with E-state index in [9.17, 15) is 8.78 Å². The van der Waals surface area contributed by atoms with Gasteiger partial charge in [-0.15, -0.1) is 0 Å². The molecule has 0 spiro atoms. The zero-order chi connectivity index (χ0) is 14.7. The van der Waals surface area contributed by atoms with Gasteiger partial charge < -0.3 is 4.74 Å². The number of hydrogen-bond acceptors (Lipinski definition) is 1. The molecule has 0 heterocycles. The van der Waals surface area contributed by atoms with Gasteiger partial charge in [0.2, 0.25) is 0 Å². The highest BCUT2D eigenvalue weighted by Gasteiger charge is 2.19. The highest BCUT2D eigenvalue weighted by molar-refractivity contribution is 9.09. The third-order valence-electron chi connectivity index (χ3n) is 2.80. The molecule has 2 aromatic carbocycles. The molecule has 20 heavy (non-hydrogen) atoms. The molecule has 0 fully saturated rings. The molecule has 0 N–H and O–H groups in total. The predicted octanol–water partition coefficient (Wildman–Crippen LogP) is 5.24. The lowest BCUT2D eigenvalue weighted by Gasteiger charge is -2.14. The second-order valence-corrected chi connectivity index (χ2v) is 5.65. The number of halogens is 3. The van der Waals surface area contributed by atoms with Crippen molar-refractivity contribution in [2.75, 3.05) is 0 Å². The summed E-state index contributed by atoms with van der Waals surface area (Å²) in [6, 6.07) is 11.0. The molecular weight excluding hydrogens is 326 g/mol. The van der Waals surface area contributed by atoms with Crippen LogP contribution < -0.4 is 4.74 Å². The maximum absolute atomic E-state index is 13.7. The van der Waals surface area contributed by atoms with Crippen molar-refractivity contribution in [2.24, 2.45) is 0 Å². The highest BCUT2D eigenvalue weighted by Crippen LogP contribution is 2.34. The molecule has 4 heteroatoms. The summed E-state index contributed by atoms with van der Waals surface area (Å²) in [4.78, 5) is -0.531. The summed E-state index contributed by atoms with van der Waals surface area (Å²) in [5.74, 6) is -0.388. The van der Waals surface area contributed by atoms with E-state index in [0.717, 1.165) is 11.3 Å². The standard InChI is InChI=1S/C16H15BrF2O/c1-10(2)20-12-8-6-11(7-9-12)16(17)15-13(18)4-3-5-14(15)19/h3-10,16H,1-2H3. The fourth-order valence-corrected chi connectivity index (χ4v) is 2.65. The second kappa shape index (κ2) is 6.35. The minimum Gasteiger partial charge on any atom is -0.491 e. The topological polar surface area (TPSA) is 9.23 Å². The first kappa shape index (κ1) is 15.0. The minimum atomic E-state index is -0.561. The molecular formula is C16H15BrF2O. The molecule has 1 atom stereocenters. The smallest absolute Gasteiger partial charge is 0.130 e. The van der Waals surface area contributed by atoms with E-state index in [1.807, 2.05) is 13.8 Å². The molecule has 0 aliphatic rings. The van der Waals surface area contributed by atoms with Crippen LogP contribution >= 0.6 is 15.9 Å². The Bertz CT molecular complexity index is 561. The molecule has 0 radical (unpaired) electrons. The number of benzene rings is 2. The largest absolute Gasteiger partial charge is 0.491 e. The molecule has 0 bridgehead atoms. The van der Waals surface area contributed by atoms with Crippen molar-refractivity contribution in [3.63, 3.8) is 0 Å². The Kier molecular flexibility index (Phi) is 4.76. The van der Waals surface area contributed by atoms with E-state index in [-0.39, 0.29) is 11.7 Å². The van der Waals surface area contributed by atoms with Crippen LogP contribution in [0.15, 0.2) is 42.5 Å². The van der Waals surface area contributed by atoms with Crippen LogP contribution in [-0.4, -0.2) is 6.10 Å². The van der Waals surface area contributed by atoms with Gasteiger partial charge in [-0.25, -0.2) is 8.78 Å². The quantitative estimate of drug-likeness (QED) is 0.692. The van der Waals surface area contributed by atoms with Crippen LogP contribution in [0.3, 0.4) is 0 Å². The van der Waals surface area contributed by atoms with Crippen molar-refractivity contribution in [1.29, 1.82) is 0 Å². The number of alkyl halides is 1. The second-order valence-electron chi connectivity index (χ2n) is 4.73. The number of rotatable bonds is 4. The molecule has 0 aliphatic heterocycles. The molecule has 0 amide bonds. The van der Waals surface area contributed by atoms with Gasteiger partial charge in [0.1, 0.15) is 17.4 Å². The molecule has 0 aliphatic carbocycles. The summed E-state index contributed by atoms with van der Waals surface area (Å²) < 4.78 is 33.0. The minimum absolute atomic E-state index is 0.0185. The Morgan fingerprint density at radius 2 is 1.50 bits per heavy atom. The highest BCUT2D eigenvalue weighted by atomic mass is 79.9. The number of hydrogen-bond donors (Lipinski definition) is 0. The average molecular weight is 341 g/mol. The lowest BCUT2D eigenvalue weighted by atomic mass is 10.0. The number of ether oxygens (including phenoxy) is 1. The van der Waals surface area contributed by atoms with Gasteiger partial charge in [-0.1, -0.05) is 34.1 Å². The van der Waals surface area contributed by atoms with E-state index >= 15 is 0 Å². The first-order valence-electron chi connectivity index (χ1n) is 6.33. The molecule has 0 saturated carbocycles. The lowest BCUT2D eigenvalue weighted by Crippen LogP contribution is -2.05. The van der Waals surface area contributed by atoms with Gasteiger partial charge >= 0.3 is 0 Å².